The van der Waals surface area contributed by atoms with Crippen molar-refractivity contribution < 1.29 is 9.72 Å². The first-order chi connectivity index (χ1) is 17.1. The highest BCUT2D eigenvalue weighted by Crippen LogP contribution is 2.30. The minimum absolute atomic E-state index is 0.133. The van der Waals surface area contributed by atoms with Gasteiger partial charge in [0, 0.05) is 17.3 Å². The topological polar surface area (TPSA) is 160 Å². The molecule has 0 atom stereocenters. The molecule has 0 saturated heterocycles. The van der Waals surface area contributed by atoms with Crippen molar-refractivity contribution in [3.8, 4) is 17.3 Å². The molecule has 11 nitrogen and oxygen atoms in total. The number of rotatable bonds is 5. The van der Waals surface area contributed by atoms with Gasteiger partial charge in [0.2, 0.25) is 0 Å². The number of nitrogens with zero attached hydrogens (tertiary/aromatic N) is 5. The van der Waals surface area contributed by atoms with Gasteiger partial charge < -0.3 is 10.3 Å². The summed E-state index contributed by atoms with van der Waals surface area (Å²) in [5.41, 5.74) is 0.526. The van der Waals surface area contributed by atoms with E-state index in [0.717, 1.165) is 0 Å². The van der Waals surface area contributed by atoms with Crippen LogP contribution in [-0.2, 0) is 10.3 Å². The predicted molar refractivity (Wildman–Crippen MR) is 134 cm³/mol. The molecule has 2 N–H and O–H groups in total. The first kappa shape index (κ1) is 24.0. The highest BCUT2D eigenvalue weighted by Gasteiger charge is 2.24. The van der Waals surface area contributed by atoms with E-state index in [2.05, 4.69) is 20.4 Å². The maximum atomic E-state index is 12.8. The van der Waals surface area contributed by atoms with Gasteiger partial charge in [0.25, 0.3) is 17.2 Å². The molecule has 0 saturated carbocycles. The summed E-state index contributed by atoms with van der Waals surface area (Å²) in [6, 6.07) is 14.3. The van der Waals surface area contributed by atoms with E-state index in [0.29, 0.717) is 28.0 Å². The molecule has 11 heteroatoms. The van der Waals surface area contributed by atoms with Crippen molar-refractivity contribution in [3.63, 3.8) is 0 Å². The Bertz CT molecular complexity index is 1630. The average molecular weight is 483 g/mol. The molecule has 0 bridgehead atoms. The van der Waals surface area contributed by atoms with Crippen LogP contribution in [0, 0.1) is 21.4 Å². The molecule has 0 aliphatic heterocycles. The third-order valence-corrected chi connectivity index (χ3v) is 5.30. The Morgan fingerprint density at radius 3 is 2.67 bits per heavy atom. The zero-order valence-electron chi connectivity index (χ0n) is 19.6. The van der Waals surface area contributed by atoms with Crippen molar-refractivity contribution in [2.75, 3.05) is 5.32 Å². The van der Waals surface area contributed by atoms with E-state index in [1.54, 1.807) is 41.1 Å². The highest BCUT2D eigenvalue weighted by molar-refractivity contribution is 6.10. The van der Waals surface area contributed by atoms with E-state index in [9.17, 15) is 25.0 Å². The molecule has 180 valence electrons. The molecule has 0 aliphatic rings. The number of nitro groups is 1. The maximum Gasteiger partial charge on any atom is 0.276 e. The van der Waals surface area contributed by atoms with Crippen LogP contribution in [-0.4, -0.2) is 30.6 Å². The fraction of sp³-hybridized carbons (Fsp3) is 0.160. The van der Waals surface area contributed by atoms with Gasteiger partial charge >= 0.3 is 0 Å². The van der Waals surface area contributed by atoms with Crippen LogP contribution in [0.1, 0.15) is 26.3 Å². The van der Waals surface area contributed by atoms with Crippen LogP contribution < -0.4 is 10.9 Å². The molecule has 0 unspecified atom stereocenters. The Labute approximate surface area is 204 Å². The van der Waals surface area contributed by atoms with Crippen molar-refractivity contribution in [2.45, 2.75) is 26.3 Å². The highest BCUT2D eigenvalue weighted by atomic mass is 16.6. The second kappa shape index (κ2) is 9.27. The fourth-order valence-corrected chi connectivity index (χ4v) is 3.65. The molecule has 0 spiro atoms. The number of H-pyrrole nitrogens is 1. The van der Waals surface area contributed by atoms with Gasteiger partial charge in [-0.25, -0.2) is 9.67 Å². The minimum atomic E-state index is -0.739. The van der Waals surface area contributed by atoms with Crippen LogP contribution in [0.15, 0.2) is 65.2 Å². The molecule has 36 heavy (non-hydrogen) atoms. The van der Waals surface area contributed by atoms with Gasteiger partial charge in [0.05, 0.1) is 22.4 Å². The van der Waals surface area contributed by atoms with E-state index in [1.807, 2.05) is 20.8 Å². The monoisotopic (exact) mass is 483 g/mol. The average Bonchev–Trinajstić information content (AvgIpc) is 3.24. The van der Waals surface area contributed by atoms with Crippen LogP contribution in [0.25, 0.3) is 28.4 Å². The maximum absolute atomic E-state index is 12.8. The number of hydrogen-bond acceptors (Lipinski definition) is 7. The fourth-order valence-electron chi connectivity index (χ4n) is 3.65. The van der Waals surface area contributed by atoms with Gasteiger partial charge in [-0.3, -0.25) is 19.7 Å². The van der Waals surface area contributed by atoms with Crippen LogP contribution in [0.2, 0.25) is 0 Å². The van der Waals surface area contributed by atoms with Crippen molar-refractivity contribution in [1.29, 1.82) is 5.26 Å². The van der Waals surface area contributed by atoms with Gasteiger partial charge in [-0.05, 0) is 45.0 Å². The zero-order chi connectivity index (χ0) is 26.0. The first-order valence-corrected chi connectivity index (χ1v) is 10.8. The number of hydrogen-bond donors (Lipinski definition) is 2. The second-order valence-corrected chi connectivity index (χ2v) is 8.88. The number of para-hydroxylation sites is 1. The van der Waals surface area contributed by atoms with Gasteiger partial charge in [-0.1, -0.05) is 24.3 Å². The summed E-state index contributed by atoms with van der Waals surface area (Å²) in [6.45, 7) is 5.82. The number of nitrogens with one attached hydrogen (secondary N) is 2. The largest absolute Gasteiger partial charge is 0.321 e. The van der Waals surface area contributed by atoms with Gasteiger partial charge in [0.1, 0.15) is 22.7 Å². The van der Waals surface area contributed by atoms with Crippen LogP contribution in [0.4, 0.5) is 11.4 Å². The quantitative estimate of drug-likeness (QED) is 0.188. The van der Waals surface area contributed by atoms with Crippen molar-refractivity contribution >= 4 is 34.4 Å². The molecule has 0 fully saturated rings. The van der Waals surface area contributed by atoms with E-state index in [1.165, 1.54) is 30.6 Å². The zero-order valence-corrected chi connectivity index (χ0v) is 19.6. The number of aromatic amines is 1. The van der Waals surface area contributed by atoms with Crippen LogP contribution in [0.5, 0.6) is 0 Å². The molecule has 2 heterocycles. The number of fused-ring (bicyclic) bond motifs is 1. The molecule has 0 radical (unpaired) electrons. The van der Waals surface area contributed by atoms with Crippen LogP contribution in [0.3, 0.4) is 0 Å². The Kier molecular flexibility index (Phi) is 6.18. The lowest BCUT2D eigenvalue weighted by Gasteiger charge is -2.19. The molecular formula is C25H21N7O4. The summed E-state index contributed by atoms with van der Waals surface area (Å²) in [6.07, 6.45) is 2.49. The summed E-state index contributed by atoms with van der Waals surface area (Å²) in [7, 11) is 0. The number of benzene rings is 2. The smallest absolute Gasteiger partial charge is 0.276 e. The number of aromatic nitrogens is 4. The standard InChI is InChI=1S/C25H21N7O4/c1-25(2,3)31-22-20(24(34)28-14-27-22)21(30-31)16-8-6-9-18(12-16)29-23(33)17(13-26)11-15-7-4-5-10-19(15)32(35)36/h4-12,14H,1-3H3,(H,29,33)(H,27,28,34)/b17-11+. The Morgan fingerprint density at radius 2 is 1.97 bits per heavy atom. The Morgan fingerprint density at radius 1 is 1.22 bits per heavy atom. The van der Waals surface area contributed by atoms with E-state index >= 15 is 0 Å². The number of nitriles is 1. The number of anilines is 1. The molecule has 2 aromatic carbocycles. The Balaban J connectivity index is 1.72. The summed E-state index contributed by atoms with van der Waals surface area (Å²) < 4.78 is 1.67. The lowest BCUT2D eigenvalue weighted by atomic mass is 10.1. The molecule has 4 rings (SSSR count). The summed E-state index contributed by atoms with van der Waals surface area (Å²) in [5, 5.41) is 28.4. The summed E-state index contributed by atoms with van der Waals surface area (Å²) in [5.74, 6) is -0.739. The number of carbonyl (C=O) groups excluding carboxylic acids is 1. The lowest BCUT2D eigenvalue weighted by molar-refractivity contribution is -0.385. The summed E-state index contributed by atoms with van der Waals surface area (Å²) >= 11 is 0. The minimum Gasteiger partial charge on any atom is -0.321 e. The second-order valence-electron chi connectivity index (χ2n) is 8.88. The normalized spacial score (nSPS) is 11.8. The third-order valence-electron chi connectivity index (χ3n) is 5.30. The van der Waals surface area contributed by atoms with Gasteiger partial charge in [0.15, 0.2) is 5.65 Å². The molecular weight excluding hydrogens is 462 g/mol. The van der Waals surface area contributed by atoms with Crippen molar-refractivity contribution in [3.05, 3.63) is 86.5 Å². The number of amides is 1. The van der Waals surface area contributed by atoms with Crippen molar-refractivity contribution in [2.24, 2.45) is 0 Å². The van der Waals surface area contributed by atoms with E-state index in [4.69, 9.17) is 0 Å². The summed E-state index contributed by atoms with van der Waals surface area (Å²) in [4.78, 5) is 43.0. The van der Waals surface area contributed by atoms with E-state index < -0.39 is 16.4 Å². The number of nitro benzene ring substituents is 1. The lowest BCUT2D eigenvalue weighted by Crippen LogP contribution is -2.23. The number of carbonyl (C=O) groups is 1. The SMILES string of the molecule is CC(C)(C)n1nc(-c2cccc(NC(=O)/C(C#N)=C/c3ccccc3[N+](=O)[O-])c2)c2c(=O)[nH]cnc21. The molecule has 1 amide bonds. The van der Waals surface area contributed by atoms with Crippen molar-refractivity contribution in [1.82, 2.24) is 19.7 Å². The van der Waals surface area contributed by atoms with Gasteiger partial charge in [-0.2, -0.15) is 10.4 Å². The van der Waals surface area contributed by atoms with E-state index in [-0.39, 0.29) is 22.4 Å². The Hall–Kier alpha value is -5.11. The predicted octanol–water partition coefficient (Wildman–Crippen LogP) is 4.00. The third kappa shape index (κ3) is 4.60. The molecule has 2 aromatic heterocycles. The molecule has 4 aromatic rings. The van der Waals surface area contributed by atoms with Crippen LogP contribution >= 0.6 is 0 Å². The van der Waals surface area contributed by atoms with Gasteiger partial charge in [-0.15, -0.1) is 0 Å². The first-order valence-electron chi connectivity index (χ1n) is 10.8. The molecule has 0 aliphatic carbocycles.